The molecule has 0 aliphatic carbocycles. The Morgan fingerprint density at radius 2 is 0.740 bits per heavy atom. The van der Waals surface area contributed by atoms with E-state index in [0.717, 1.165) is 27.0 Å². The Bertz CT molecular complexity index is 2280. The number of rotatable bonds is 4. The van der Waals surface area contributed by atoms with Crippen LogP contribution in [0.5, 0.6) is 0 Å². The molecule has 0 aliphatic heterocycles. The number of halogens is 1. The fourth-order valence-electron chi connectivity index (χ4n) is 5.77. The van der Waals surface area contributed by atoms with Crippen molar-refractivity contribution in [2.75, 3.05) is 11.5 Å². The van der Waals surface area contributed by atoms with Crippen molar-refractivity contribution in [2.24, 2.45) is 0 Å². The Balaban J connectivity index is 0.000000144. The minimum Gasteiger partial charge on any atom is -0.423 e. The molecule has 0 unspecified atom stereocenters. The molecular formula is C44H36BBrN2O2. The number of hydrogen-bond donors (Lipinski definition) is 4. The summed E-state index contributed by atoms with van der Waals surface area (Å²) in [4.78, 5) is 0. The van der Waals surface area contributed by atoms with Gasteiger partial charge in [0.15, 0.2) is 0 Å². The SMILES string of the molecule is Nc1ccc(-c2ccc(-c3cccc4ccccc34)cc2)cc1.Nc1ccc(Br)cc1.OB(O)c1ccc(-c2cccc3ccccc23)cc1. The van der Waals surface area contributed by atoms with E-state index in [1.165, 1.54) is 43.8 Å². The third kappa shape index (κ3) is 8.49. The third-order valence-electron chi connectivity index (χ3n) is 8.41. The molecule has 0 aromatic heterocycles. The van der Waals surface area contributed by atoms with Crippen molar-refractivity contribution in [1.29, 1.82) is 0 Å². The Kier molecular flexibility index (Phi) is 11.1. The first-order valence-electron chi connectivity index (χ1n) is 16.2. The summed E-state index contributed by atoms with van der Waals surface area (Å²) in [6.07, 6.45) is 0. The minimum atomic E-state index is -1.42. The zero-order valence-electron chi connectivity index (χ0n) is 27.3. The smallest absolute Gasteiger partial charge is 0.423 e. The van der Waals surface area contributed by atoms with Gasteiger partial charge in [-0.25, -0.2) is 0 Å². The molecule has 4 nitrogen and oxygen atoms in total. The van der Waals surface area contributed by atoms with Crippen LogP contribution in [0, 0.1) is 0 Å². The van der Waals surface area contributed by atoms with Gasteiger partial charge >= 0.3 is 7.12 Å². The highest BCUT2D eigenvalue weighted by Gasteiger charge is 2.11. The predicted molar refractivity (Wildman–Crippen MR) is 217 cm³/mol. The average Bonchev–Trinajstić information content (AvgIpc) is 3.16. The molecule has 0 fully saturated rings. The molecule has 0 bridgehead atoms. The van der Waals surface area contributed by atoms with E-state index in [-0.39, 0.29) is 0 Å². The molecule has 0 heterocycles. The maximum absolute atomic E-state index is 9.11. The second-order valence-corrected chi connectivity index (χ2v) is 12.7. The number of nitrogens with two attached hydrogens (primary N) is 2. The average molecular weight is 716 g/mol. The first-order valence-corrected chi connectivity index (χ1v) is 17.0. The van der Waals surface area contributed by atoms with Crippen LogP contribution in [-0.2, 0) is 0 Å². The summed E-state index contributed by atoms with van der Waals surface area (Å²) >= 11 is 3.29. The van der Waals surface area contributed by atoms with Crippen LogP contribution in [0.25, 0.3) is 54.9 Å². The molecule has 8 rings (SSSR count). The molecule has 0 aliphatic rings. The number of nitrogen functional groups attached to an aromatic ring is 2. The van der Waals surface area contributed by atoms with Crippen LogP contribution in [0.1, 0.15) is 0 Å². The second kappa shape index (κ2) is 16.2. The summed E-state index contributed by atoms with van der Waals surface area (Å²) in [7, 11) is -1.42. The molecule has 0 spiro atoms. The first kappa shape index (κ1) is 34.2. The highest BCUT2D eigenvalue weighted by atomic mass is 79.9. The minimum absolute atomic E-state index is 0.504. The number of benzene rings is 8. The van der Waals surface area contributed by atoms with Gasteiger partial charge in [-0.15, -0.1) is 0 Å². The molecule has 0 atom stereocenters. The normalized spacial score (nSPS) is 10.5. The van der Waals surface area contributed by atoms with Gasteiger partial charge < -0.3 is 21.5 Å². The zero-order chi connectivity index (χ0) is 34.9. The van der Waals surface area contributed by atoms with E-state index < -0.39 is 7.12 Å². The van der Waals surface area contributed by atoms with Crippen molar-refractivity contribution in [3.05, 3.63) is 186 Å². The molecule has 8 aromatic carbocycles. The molecule has 6 heteroatoms. The molecule has 244 valence electrons. The molecular weight excluding hydrogens is 679 g/mol. The van der Waals surface area contributed by atoms with Crippen molar-refractivity contribution in [2.45, 2.75) is 0 Å². The lowest BCUT2D eigenvalue weighted by atomic mass is 9.79. The fraction of sp³-hybridized carbons (Fsp3) is 0. The largest absolute Gasteiger partial charge is 0.488 e. The fourth-order valence-corrected chi connectivity index (χ4v) is 6.03. The Hall–Kier alpha value is -5.66. The maximum atomic E-state index is 9.11. The van der Waals surface area contributed by atoms with Crippen LogP contribution in [0.4, 0.5) is 11.4 Å². The zero-order valence-corrected chi connectivity index (χ0v) is 28.9. The lowest BCUT2D eigenvalue weighted by Crippen LogP contribution is -2.29. The van der Waals surface area contributed by atoms with Gasteiger partial charge in [-0.2, -0.15) is 0 Å². The van der Waals surface area contributed by atoms with E-state index in [2.05, 4.69) is 119 Å². The Morgan fingerprint density at radius 3 is 1.18 bits per heavy atom. The quantitative estimate of drug-likeness (QED) is 0.108. The third-order valence-corrected chi connectivity index (χ3v) is 8.94. The monoisotopic (exact) mass is 714 g/mol. The van der Waals surface area contributed by atoms with E-state index in [4.69, 9.17) is 21.5 Å². The number of anilines is 2. The summed E-state index contributed by atoms with van der Waals surface area (Å²) in [6.45, 7) is 0. The van der Waals surface area contributed by atoms with E-state index in [9.17, 15) is 0 Å². The standard InChI is InChI=1S/C22H17N.C16H13BO2.C6H6BrN/c23-20-14-12-17(13-15-20)16-8-10-19(11-9-16)22-7-3-5-18-4-1-2-6-21(18)22;18-17(19)14-10-8-13(9-11-14)16-7-3-5-12-4-1-2-6-15(12)16;7-5-1-3-6(8)4-2-5/h1-15H,23H2;1-11,18-19H;1-4H,8H2. The molecule has 8 aromatic rings. The molecule has 6 N–H and O–H groups in total. The topological polar surface area (TPSA) is 92.5 Å². The van der Waals surface area contributed by atoms with Gasteiger partial charge in [-0.1, -0.05) is 162 Å². The van der Waals surface area contributed by atoms with Crippen molar-refractivity contribution >= 4 is 61.4 Å². The van der Waals surface area contributed by atoms with Gasteiger partial charge in [-0.3, -0.25) is 0 Å². The van der Waals surface area contributed by atoms with Crippen molar-refractivity contribution in [3.63, 3.8) is 0 Å². The van der Waals surface area contributed by atoms with E-state index in [1.54, 1.807) is 12.1 Å². The maximum Gasteiger partial charge on any atom is 0.488 e. The van der Waals surface area contributed by atoms with Crippen LogP contribution in [-0.4, -0.2) is 17.2 Å². The molecule has 0 radical (unpaired) electrons. The molecule has 0 saturated heterocycles. The number of fused-ring (bicyclic) bond motifs is 2. The van der Waals surface area contributed by atoms with E-state index >= 15 is 0 Å². The van der Waals surface area contributed by atoms with Crippen LogP contribution in [0.15, 0.2) is 186 Å². The van der Waals surface area contributed by atoms with Crippen LogP contribution >= 0.6 is 15.9 Å². The predicted octanol–water partition coefficient (Wildman–Crippen LogP) is 9.97. The van der Waals surface area contributed by atoms with Crippen LogP contribution in [0.3, 0.4) is 0 Å². The summed E-state index contributed by atoms with van der Waals surface area (Å²) < 4.78 is 1.06. The summed E-state index contributed by atoms with van der Waals surface area (Å²) in [6, 6.07) is 60.9. The Morgan fingerprint density at radius 1 is 0.380 bits per heavy atom. The van der Waals surface area contributed by atoms with E-state index in [1.807, 2.05) is 66.7 Å². The van der Waals surface area contributed by atoms with Gasteiger partial charge in [0, 0.05) is 15.8 Å². The summed E-state index contributed by atoms with van der Waals surface area (Å²) in [5.74, 6) is 0. The lowest BCUT2D eigenvalue weighted by Gasteiger charge is -2.08. The van der Waals surface area contributed by atoms with Gasteiger partial charge in [-0.05, 0) is 96.8 Å². The van der Waals surface area contributed by atoms with Crippen molar-refractivity contribution in [3.8, 4) is 33.4 Å². The molecule has 0 saturated carbocycles. The van der Waals surface area contributed by atoms with Gasteiger partial charge in [0.2, 0.25) is 0 Å². The summed E-state index contributed by atoms with van der Waals surface area (Å²) in [5, 5.41) is 23.2. The highest BCUT2D eigenvalue weighted by molar-refractivity contribution is 9.10. The van der Waals surface area contributed by atoms with Crippen LogP contribution in [0.2, 0.25) is 0 Å². The summed E-state index contributed by atoms with van der Waals surface area (Å²) in [5.41, 5.74) is 20.4. The molecule has 0 amide bonds. The van der Waals surface area contributed by atoms with Gasteiger partial charge in [0.25, 0.3) is 0 Å². The first-order chi connectivity index (χ1) is 24.4. The molecule has 50 heavy (non-hydrogen) atoms. The second-order valence-electron chi connectivity index (χ2n) is 11.8. The van der Waals surface area contributed by atoms with Crippen molar-refractivity contribution in [1.82, 2.24) is 0 Å². The van der Waals surface area contributed by atoms with E-state index in [0.29, 0.717) is 5.46 Å². The number of hydrogen-bond acceptors (Lipinski definition) is 4. The lowest BCUT2D eigenvalue weighted by molar-refractivity contribution is 0.426. The van der Waals surface area contributed by atoms with Crippen molar-refractivity contribution < 1.29 is 10.0 Å². The van der Waals surface area contributed by atoms with Gasteiger partial charge in [0.05, 0.1) is 0 Å². The van der Waals surface area contributed by atoms with Crippen LogP contribution < -0.4 is 16.9 Å². The highest BCUT2D eigenvalue weighted by Crippen LogP contribution is 2.31. The Labute approximate surface area is 301 Å². The van der Waals surface area contributed by atoms with Gasteiger partial charge in [0.1, 0.15) is 0 Å².